The van der Waals surface area contributed by atoms with Crippen molar-refractivity contribution < 1.29 is 4.74 Å². The lowest BCUT2D eigenvalue weighted by molar-refractivity contribution is 0.479. The van der Waals surface area contributed by atoms with Gasteiger partial charge in [-0.3, -0.25) is 10.4 Å². The summed E-state index contributed by atoms with van der Waals surface area (Å²) in [6, 6.07) is 9.55. The molecule has 2 aromatic rings. The Balaban J connectivity index is 2.24. The number of nitrogens with zero attached hydrogens (tertiary/aromatic N) is 1. The molecule has 0 bridgehead atoms. The van der Waals surface area contributed by atoms with Gasteiger partial charge in [-0.25, -0.2) is 0 Å². The Kier molecular flexibility index (Phi) is 3.80. The Morgan fingerprint density at radius 1 is 1.21 bits per heavy atom. The van der Waals surface area contributed by atoms with Crippen molar-refractivity contribution in [2.45, 2.75) is 19.8 Å². The number of aromatic nitrogens is 1. The summed E-state index contributed by atoms with van der Waals surface area (Å²) in [6.07, 6.45) is 3.15. The van der Waals surface area contributed by atoms with E-state index in [1.165, 1.54) is 5.56 Å². The van der Waals surface area contributed by atoms with Crippen molar-refractivity contribution in [2.24, 2.45) is 5.73 Å². The van der Waals surface area contributed by atoms with E-state index in [9.17, 15) is 0 Å². The average molecular weight is 255 g/mol. The van der Waals surface area contributed by atoms with Gasteiger partial charge >= 0.3 is 0 Å². The lowest BCUT2D eigenvalue weighted by atomic mass is 10.0. The number of ether oxygens (including phenoxy) is 1. The molecule has 3 N–H and O–H groups in total. The topological polar surface area (TPSA) is 72.0 Å². The van der Waals surface area contributed by atoms with Crippen LogP contribution in [0.25, 0.3) is 0 Å². The Hall–Kier alpha value is -2.36. The number of benzene rings is 1. The summed E-state index contributed by atoms with van der Waals surface area (Å²) < 4.78 is 5.72. The maximum atomic E-state index is 7.50. The third-order valence-corrected chi connectivity index (χ3v) is 2.85. The SMILES string of the molecule is CC(C)c1ccc(Oc2cnccc2C(=N)N)cc1. The zero-order valence-corrected chi connectivity index (χ0v) is 11.1. The van der Waals surface area contributed by atoms with Crippen LogP contribution in [-0.2, 0) is 0 Å². The molecule has 1 aromatic carbocycles. The van der Waals surface area contributed by atoms with E-state index in [-0.39, 0.29) is 5.84 Å². The predicted molar refractivity (Wildman–Crippen MR) is 75.9 cm³/mol. The Morgan fingerprint density at radius 2 is 1.89 bits per heavy atom. The average Bonchev–Trinajstić information content (AvgIpc) is 2.39. The van der Waals surface area contributed by atoms with Crippen LogP contribution in [0.15, 0.2) is 42.7 Å². The minimum absolute atomic E-state index is 0.0313. The molecule has 0 aliphatic carbocycles. The van der Waals surface area contributed by atoms with Gasteiger partial charge in [0.15, 0.2) is 5.75 Å². The summed E-state index contributed by atoms with van der Waals surface area (Å²) in [5, 5.41) is 7.50. The lowest BCUT2D eigenvalue weighted by Gasteiger charge is -2.11. The lowest BCUT2D eigenvalue weighted by Crippen LogP contribution is -2.12. The van der Waals surface area contributed by atoms with E-state index in [2.05, 4.69) is 18.8 Å². The van der Waals surface area contributed by atoms with Gasteiger partial charge in [0, 0.05) is 6.20 Å². The van der Waals surface area contributed by atoms with Crippen molar-refractivity contribution in [2.75, 3.05) is 0 Å². The molecule has 19 heavy (non-hydrogen) atoms. The standard InChI is InChI=1S/C15H17N3O/c1-10(2)11-3-5-12(6-4-11)19-14-9-18-8-7-13(14)15(16)17/h3-10H,1-2H3,(H3,16,17). The van der Waals surface area contributed by atoms with Gasteiger partial charge in [-0.1, -0.05) is 26.0 Å². The van der Waals surface area contributed by atoms with Gasteiger partial charge in [0.1, 0.15) is 11.6 Å². The van der Waals surface area contributed by atoms with E-state index in [4.69, 9.17) is 15.9 Å². The Labute approximate surface area is 112 Å². The molecule has 0 atom stereocenters. The predicted octanol–water partition coefficient (Wildman–Crippen LogP) is 3.28. The zero-order chi connectivity index (χ0) is 13.8. The van der Waals surface area contributed by atoms with Crippen LogP contribution in [0.5, 0.6) is 11.5 Å². The molecular weight excluding hydrogens is 238 g/mol. The van der Waals surface area contributed by atoms with Crippen molar-refractivity contribution >= 4 is 5.84 Å². The fourth-order valence-corrected chi connectivity index (χ4v) is 1.73. The first-order valence-electron chi connectivity index (χ1n) is 6.14. The third-order valence-electron chi connectivity index (χ3n) is 2.85. The van der Waals surface area contributed by atoms with Crippen LogP contribution < -0.4 is 10.5 Å². The van der Waals surface area contributed by atoms with Gasteiger partial charge in [0.05, 0.1) is 11.8 Å². The Bertz CT molecular complexity index is 576. The maximum Gasteiger partial charge on any atom is 0.156 e. The van der Waals surface area contributed by atoms with Crippen molar-refractivity contribution in [1.29, 1.82) is 5.41 Å². The molecule has 4 nitrogen and oxygen atoms in total. The van der Waals surface area contributed by atoms with E-state index in [0.29, 0.717) is 23.0 Å². The van der Waals surface area contributed by atoms with Crippen LogP contribution in [0.2, 0.25) is 0 Å². The zero-order valence-electron chi connectivity index (χ0n) is 11.1. The van der Waals surface area contributed by atoms with Gasteiger partial charge in [-0.15, -0.1) is 0 Å². The largest absolute Gasteiger partial charge is 0.455 e. The van der Waals surface area contributed by atoms with Crippen molar-refractivity contribution in [3.05, 3.63) is 53.9 Å². The van der Waals surface area contributed by atoms with Crippen LogP contribution in [0.4, 0.5) is 0 Å². The number of hydrogen-bond donors (Lipinski definition) is 2. The molecule has 2 rings (SSSR count). The third kappa shape index (κ3) is 3.10. The number of nitrogens with one attached hydrogen (secondary N) is 1. The molecular formula is C15H17N3O. The second kappa shape index (κ2) is 5.52. The number of amidine groups is 1. The molecule has 0 aliphatic heterocycles. The summed E-state index contributed by atoms with van der Waals surface area (Å²) in [5.74, 6) is 1.66. The molecule has 4 heteroatoms. The van der Waals surface area contributed by atoms with Crippen LogP contribution in [0, 0.1) is 5.41 Å². The van der Waals surface area contributed by atoms with E-state index in [0.717, 1.165) is 0 Å². The molecule has 1 aromatic heterocycles. The number of nitrogens with two attached hydrogens (primary N) is 1. The first kappa shape index (κ1) is 13.1. The summed E-state index contributed by atoms with van der Waals surface area (Å²) in [5.41, 5.74) is 7.31. The second-order valence-electron chi connectivity index (χ2n) is 4.61. The minimum atomic E-state index is -0.0313. The maximum absolute atomic E-state index is 7.50. The molecule has 0 radical (unpaired) electrons. The monoisotopic (exact) mass is 255 g/mol. The molecule has 98 valence electrons. The highest BCUT2D eigenvalue weighted by Crippen LogP contribution is 2.25. The first-order valence-corrected chi connectivity index (χ1v) is 6.14. The van der Waals surface area contributed by atoms with Gasteiger partial charge in [0.25, 0.3) is 0 Å². The highest BCUT2D eigenvalue weighted by atomic mass is 16.5. The number of nitrogen functional groups attached to an aromatic ring is 1. The van der Waals surface area contributed by atoms with Gasteiger partial charge in [-0.2, -0.15) is 0 Å². The van der Waals surface area contributed by atoms with Gasteiger partial charge in [-0.05, 0) is 29.7 Å². The molecule has 0 saturated carbocycles. The molecule has 0 aliphatic rings. The quantitative estimate of drug-likeness (QED) is 0.650. The first-order chi connectivity index (χ1) is 9.08. The van der Waals surface area contributed by atoms with Crippen LogP contribution in [0.3, 0.4) is 0 Å². The molecule has 0 fully saturated rings. The smallest absolute Gasteiger partial charge is 0.156 e. The normalized spacial score (nSPS) is 10.5. The number of pyridine rings is 1. The fourth-order valence-electron chi connectivity index (χ4n) is 1.73. The van der Waals surface area contributed by atoms with Crippen LogP contribution >= 0.6 is 0 Å². The summed E-state index contributed by atoms with van der Waals surface area (Å²) >= 11 is 0. The fraction of sp³-hybridized carbons (Fsp3) is 0.200. The van der Waals surface area contributed by atoms with Crippen molar-refractivity contribution in [3.8, 4) is 11.5 Å². The van der Waals surface area contributed by atoms with Gasteiger partial charge in [0.2, 0.25) is 0 Å². The van der Waals surface area contributed by atoms with Crippen LogP contribution in [-0.4, -0.2) is 10.8 Å². The summed E-state index contributed by atoms with van der Waals surface area (Å²) in [6.45, 7) is 4.29. The molecule has 0 spiro atoms. The molecule has 1 heterocycles. The highest BCUT2D eigenvalue weighted by molar-refractivity contribution is 5.97. The molecule has 0 unspecified atom stereocenters. The van der Waals surface area contributed by atoms with E-state index < -0.39 is 0 Å². The van der Waals surface area contributed by atoms with E-state index in [1.807, 2.05) is 24.3 Å². The molecule has 0 amide bonds. The number of hydrogen-bond acceptors (Lipinski definition) is 3. The Morgan fingerprint density at radius 3 is 2.47 bits per heavy atom. The highest BCUT2D eigenvalue weighted by Gasteiger charge is 2.07. The minimum Gasteiger partial charge on any atom is -0.455 e. The van der Waals surface area contributed by atoms with Crippen molar-refractivity contribution in [1.82, 2.24) is 4.98 Å². The van der Waals surface area contributed by atoms with E-state index in [1.54, 1.807) is 18.5 Å². The number of rotatable bonds is 4. The van der Waals surface area contributed by atoms with Gasteiger partial charge < -0.3 is 10.5 Å². The second-order valence-corrected chi connectivity index (χ2v) is 4.61. The molecule has 0 saturated heterocycles. The van der Waals surface area contributed by atoms with Crippen molar-refractivity contribution in [3.63, 3.8) is 0 Å². The summed E-state index contributed by atoms with van der Waals surface area (Å²) in [7, 11) is 0. The summed E-state index contributed by atoms with van der Waals surface area (Å²) in [4.78, 5) is 3.99. The van der Waals surface area contributed by atoms with Crippen LogP contribution in [0.1, 0.15) is 30.9 Å². The van der Waals surface area contributed by atoms with E-state index >= 15 is 0 Å².